The Bertz CT molecular complexity index is 704. The van der Waals surface area contributed by atoms with E-state index in [1.807, 2.05) is 33.8 Å². The van der Waals surface area contributed by atoms with Gasteiger partial charge < -0.3 is 10.6 Å². The van der Waals surface area contributed by atoms with Crippen molar-refractivity contribution in [3.63, 3.8) is 0 Å². The minimum atomic E-state index is -0.891. The van der Waals surface area contributed by atoms with E-state index in [1.54, 1.807) is 6.07 Å². The highest BCUT2D eigenvalue weighted by Gasteiger charge is 2.50. The Morgan fingerprint density at radius 2 is 1.81 bits per heavy atom. The molecule has 0 aromatic heterocycles. The maximum absolute atomic E-state index is 12.8. The molecule has 1 aromatic rings. The molecular weight excluding hydrogens is 354 g/mol. The first-order valence-electron chi connectivity index (χ1n) is 8.94. The number of carbonyl (C=O) groups is 3. The topological polar surface area (TPSA) is 78.5 Å². The Labute approximate surface area is 159 Å². The average Bonchev–Trinajstić information content (AvgIpc) is 2.76. The van der Waals surface area contributed by atoms with Gasteiger partial charge in [0.05, 0.1) is 10.7 Å². The second-order valence-corrected chi connectivity index (χ2v) is 7.30. The first-order valence-corrected chi connectivity index (χ1v) is 9.32. The van der Waals surface area contributed by atoms with Gasteiger partial charge in [-0.3, -0.25) is 14.5 Å². The van der Waals surface area contributed by atoms with Crippen molar-refractivity contribution in [2.24, 2.45) is 0 Å². The van der Waals surface area contributed by atoms with Gasteiger partial charge in [-0.25, -0.2) is 4.79 Å². The lowest BCUT2D eigenvalue weighted by molar-refractivity contribution is -0.134. The lowest BCUT2D eigenvalue weighted by atomic mass is 9.88. The molecule has 1 aromatic carbocycles. The normalized spacial score (nSPS) is 16.0. The summed E-state index contributed by atoms with van der Waals surface area (Å²) in [6, 6.07) is 3.15. The van der Waals surface area contributed by atoms with Gasteiger partial charge in [0, 0.05) is 0 Å². The predicted octanol–water partition coefficient (Wildman–Crippen LogP) is 3.79. The van der Waals surface area contributed by atoms with Gasteiger partial charge in [-0.1, -0.05) is 44.4 Å². The van der Waals surface area contributed by atoms with E-state index in [1.165, 1.54) is 0 Å². The zero-order chi connectivity index (χ0) is 19.5. The smallest absolute Gasteiger partial charge is 0.323 e. The fourth-order valence-electron chi connectivity index (χ4n) is 3.53. The van der Waals surface area contributed by atoms with E-state index >= 15 is 0 Å². The molecule has 0 atom stereocenters. The monoisotopic (exact) mass is 379 g/mol. The summed E-state index contributed by atoms with van der Waals surface area (Å²) in [7, 11) is 0. The van der Waals surface area contributed by atoms with Gasteiger partial charge in [-0.05, 0) is 43.9 Å². The van der Waals surface area contributed by atoms with Crippen molar-refractivity contribution in [3.8, 4) is 0 Å². The second kappa shape index (κ2) is 8.08. The fraction of sp³-hybridized carbons (Fsp3) is 0.526. The molecule has 0 bridgehead atoms. The number of carbonyl (C=O) groups excluding carboxylic acids is 3. The van der Waals surface area contributed by atoms with Crippen LogP contribution >= 0.6 is 11.6 Å². The Kier molecular flexibility index (Phi) is 6.29. The molecule has 1 aliphatic rings. The summed E-state index contributed by atoms with van der Waals surface area (Å²) < 4.78 is 0. The summed E-state index contributed by atoms with van der Waals surface area (Å²) in [6.07, 6.45) is 2.66. The van der Waals surface area contributed by atoms with Gasteiger partial charge in [0.1, 0.15) is 12.1 Å². The molecule has 1 saturated heterocycles. The van der Waals surface area contributed by atoms with Crippen molar-refractivity contribution in [1.82, 2.24) is 10.2 Å². The van der Waals surface area contributed by atoms with E-state index in [2.05, 4.69) is 10.6 Å². The minimum Gasteiger partial charge on any atom is -0.323 e. The van der Waals surface area contributed by atoms with Gasteiger partial charge in [0.15, 0.2) is 0 Å². The van der Waals surface area contributed by atoms with Gasteiger partial charge in [0.2, 0.25) is 5.91 Å². The van der Waals surface area contributed by atoms with Crippen molar-refractivity contribution >= 4 is 35.1 Å². The van der Waals surface area contributed by atoms with Crippen LogP contribution in [0.25, 0.3) is 0 Å². The molecule has 2 rings (SSSR count). The summed E-state index contributed by atoms with van der Waals surface area (Å²) >= 11 is 6.21. The zero-order valence-corrected chi connectivity index (χ0v) is 16.5. The highest BCUT2D eigenvalue weighted by molar-refractivity contribution is 6.34. The number of nitrogens with zero attached hydrogens (tertiary/aromatic N) is 1. The minimum absolute atomic E-state index is 0.326. The molecule has 0 spiro atoms. The van der Waals surface area contributed by atoms with Crippen LogP contribution in [0.4, 0.5) is 10.5 Å². The van der Waals surface area contributed by atoms with Crippen LogP contribution in [0.3, 0.4) is 0 Å². The third-order valence-corrected chi connectivity index (χ3v) is 4.90. The van der Waals surface area contributed by atoms with E-state index in [-0.39, 0.29) is 12.5 Å². The quantitative estimate of drug-likeness (QED) is 0.707. The van der Waals surface area contributed by atoms with Gasteiger partial charge in [-0.15, -0.1) is 0 Å². The molecular formula is C19H26ClN3O3. The van der Waals surface area contributed by atoms with Gasteiger partial charge in [0.25, 0.3) is 5.91 Å². The molecule has 26 heavy (non-hydrogen) atoms. The summed E-state index contributed by atoms with van der Waals surface area (Å²) in [4.78, 5) is 38.6. The number of urea groups is 1. The molecule has 1 heterocycles. The summed E-state index contributed by atoms with van der Waals surface area (Å²) in [5.74, 6) is -0.778. The number of benzene rings is 1. The maximum atomic E-state index is 12.8. The Hall–Kier alpha value is -2.08. The SMILES string of the molecule is CCCC1(CCC)NC(=O)N(CC(=O)Nc2c(C)cc(C)cc2Cl)C1=O. The number of aryl methyl sites for hydroxylation is 2. The standard InChI is InChI=1S/C19H26ClN3O3/c1-5-7-19(8-6-2)17(25)23(18(26)22-19)11-15(24)21-16-13(4)9-12(3)10-14(16)20/h9-10H,5-8,11H2,1-4H3,(H,21,24)(H,22,26). The van der Waals surface area contributed by atoms with Crippen LogP contribution < -0.4 is 10.6 Å². The first kappa shape index (κ1) is 20.2. The molecule has 0 saturated carbocycles. The molecule has 2 N–H and O–H groups in total. The van der Waals surface area contributed by atoms with Crippen molar-refractivity contribution < 1.29 is 14.4 Å². The Balaban J connectivity index is 2.14. The van der Waals surface area contributed by atoms with Gasteiger partial charge >= 0.3 is 6.03 Å². The maximum Gasteiger partial charge on any atom is 0.325 e. The molecule has 7 heteroatoms. The number of hydrogen-bond acceptors (Lipinski definition) is 3. The van der Waals surface area contributed by atoms with Crippen molar-refractivity contribution in [1.29, 1.82) is 0 Å². The van der Waals surface area contributed by atoms with Crippen LogP contribution in [0.1, 0.15) is 50.7 Å². The van der Waals surface area contributed by atoms with Gasteiger partial charge in [-0.2, -0.15) is 0 Å². The summed E-state index contributed by atoms with van der Waals surface area (Å²) in [6.45, 7) is 7.36. The molecule has 6 nitrogen and oxygen atoms in total. The number of amides is 4. The summed E-state index contributed by atoms with van der Waals surface area (Å²) in [5, 5.41) is 5.95. The lowest BCUT2D eigenvalue weighted by Crippen LogP contribution is -2.47. The van der Waals surface area contributed by atoms with Crippen LogP contribution in [0, 0.1) is 13.8 Å². The number of halogens is 1. The van der Waals surface area contributed by atoms with Crippen molar-refractivity contribution in [3.05, 3.63) is 28.3 Å². The Morgan fingerprint density at radius 3 is 2.35 bits per heavy atom. The van der Waals surface area contributed by atoms with Crippen LogP contribution in [0.15, 0.2) is 12.1 Å². The molecule has 0 aliphatic carbocycles. The first-order chi connectivity index (χ1) is 12.2. The number of imide groups is 1. The van der Waals surface area contributed by atoms with Crippen LogP contribution in [0.2, 0.25) is 5.02 Å². The van der Waals surface area contributed by atoms with E-state index in [0.29, 0.717) is 23.6 Å². The van der Waals surface area contributed by atoms with Crippen LogP contribution in [-0.2, 0) is 9.59 Å². The van der Waals surface area contributed by atoms with Crippen LogP contribution in [-0.4, -0.2) is 34.8 Å². The van der Waals surface area contributed by atoms with E-state index in [4.69, 9.17) is 11.6 Å². The molecule has 4 amide bonds. The third kappa shape index (κ3) is 4.01. The third-order valence-electron chi connectivity index (χ3n) is 4.60. The van der Waals surface area contributed by atoms with Crippen LogP contribution in [0.5, 0.6) is 0 Å². The molecule has 0 unspecified atom stereocenters. The molecule has 1 fully saturated rings. The van der Waals surface area contributed by atoms with Crippen molar-refractivity contribution in [2.75, 3.05) is 11.9 Å². The van der Waals surface area contributed by atoms with E-state index in [9.17, 15) is 14.4 Å². The van der Waals surface area contributed by atoms with E-state index in [0.717, 1.165) is 28.9 Å². The molecule has 0 radical (unpaired) electrons. The van der Waals surface area contributed by atoms with E-state index < -0.39 is 17.5 Å². The predicted molar refractivity (Wildman–Crippen MR) is 102 cm³/mol. The lowest BCUT2D eigenvalue weighted by Gasteiger charge is -2.25. The summed E-state index contributed by atoms with van der Waals surface area (Å²) in [5.41, 5.74) is 1.43. The second-order valence-electron chi connectivity index (χ2n) is 6.89. The van der Waals surface area contributed by atoms with Crippen molar-refractivity contribution in [2.45, 2.75) is 58.9 Å². The Morgan fingerprint density at radius 1 is 1.19 bits per heavy atom. The zero-order valence-electron chi connectivity index (χ0n) is 15.7. The molecule has 142 valence electrons. The average molecular weight is 380 g/mol. The number of nitrogens with one attached hydrogen (secondary N) is 2. The fourth-order valence-corrected chi connectivity index (χ4v) is 3.90. The largest absolute Gasteiger partial charge is 0.325 e. The molecule has 1 aliphatic heterocycles. The highest BCUT2D eigenvalue weighted by Crippen LogP contribution is 2.29. The number of anilines is 1. The highest BCUT2D eigenvalue weighted by atomic mass is 35.5. The number of hydrogen-bond donors (Lipinski definition) is 2. The number of rotatable bonds is 7.